The van der Waals surface area contributed by atoms with Gasteiger partial charge in [-0.15, -0.1) is 10.2 Å². The molecule has 0 saturated heterocycles. The maximum atomic E-state index is 11.3. The van der Waals surface area contributed by atoms with E-state index in [1.807, 2.05) is 0 Å². The molecular formula is C7H10N4O4S. The largest absolute Gasteiger partial charge is 0.480 e. The minimum atomic E-state index is -1.17. The van der Waals surface area contributed by atoms with Gasteiger partial charge in [-0.05, 0) is 0 Å². The zero-order valence-corrected chi connectivity index (χ0v) is 9.15. The van der Waals surface area contributed by atoms with Gasteiger partial charge < -0.3 is 15.2 Å². The van der Waals surface area contributed by atoms with Crippen LogP contribution in [0.5, 0.6) is 0 Å². The minimum absolute atomic E-state index is 0.112. The number of methoxy groups -OCH3 is 1. The molecule has 0 aliphatic rings. The molecule has 0 radical (unpaired) electrons. The first-order chi connectivity index (χ1) is 7.63. The summed E-state index contributed by atoms with van der Waals surface area (Å²) in [4.78, 5) is 22.0. The van der Waals surface area contributed by atoms with Crippen molar-refractivity contribution in [3.63, 3.8) is 0 Å². The van der Waals surface area contributed by atoms with Crippen molar-refractivity contribution in [3.05, 3.63) is 5.51 Å². The Bertz CT molecular complexity index is 355. The highest BCUT2D eigenvalue weighted by molar-refractivity contribution is 7.13. The SMILES string of the molecule is COCC(NC(=O)Nc1nncs1)C(=O)O. The first kappa shape index (κ1) is 12.3. The average Bonchev–Trinajstić information content (AvgIpc) is 2.69. The lowest BCUT2D eigenvalue weighted by atomic mass is 10.3. The Labute approximate surface area is 94.6 Å². The number of rotatable bonds is 5. The van der Waals surface area contributed by atoms with Crippen LogP contribution in [0.15, 0.2) is 5.51 Å². The maximum absolute atomic E-state index is 11.3. The van der Waals surface area contributed by atoms with E-state index in [2.05, 4.69) is 25.6 Å². The third kappa shape index (κ3) is 3.79. The topological polar surface area (TPSA) is 113 Å². The van der Waals surface area contributed by atoms with E-state index in [4.69, 9.17) is 5.11 Å². The molecule has 1 heterocycles. The molecule has 16 heavy (non-hydrogen) atoms. The molecule has 9 heteroatoms. The summed E-state index contributed by atoms with van der Waals surface area (Å²) in [7, 11) is 1.35. The molecule has 0 aromatic carbocycles. The molecule has 2 amide bonds. The van der Waals surface area contributed by atoms with Gasteiger partial charge in [0, 0.05) is 7.11 Å². The molecule has 1 unspecified atom stereocenters. The maximum Gasteiger partial charge on any atom is 0.328 e. The summed E-state index contributed by atoms with van der Waals surface area (Å²) < 4.78 is 4.65. The molecule has 0 aliphatic carbocycles. The van der Waals surface area contributed by atoms with Crippen LogP contribution >= 0.6 is 11.3 Å². The normalized spacial score (nSPS) is 11.8. The van der Waals surface area contributed by atoms with E-state index < -0.39 is 18.0 Å². The molecule has 0 saturated carbocycles. The summed E-state index contributed by atoms with van der Waals surface area (Å²) >= 11 is 1.13. The summed E-state index contributed by atoms with van der Waals surface area (Å²) in [6.45, 7) is -0.112. The van der Waals surface area contributed by atoms with Gasteiger partial charge in [-0.3, -0.25) is 5.32 Å². The standard InChI is InChI=1S/C7H10N4O4S/c1-15-2-4(5(12)13)9-6(14)10-7-11-8-3-16-7/h3-4H,2H2,1H3,(H,12,13)(H2,9,10,11,14). The van der Waals surface area contributed by atoms with Crippen molar-refractivity contribution in [2.75, 3.05) is 19.0 Å². The number of carboxylic acids is 1. The molecule has 1 aromatic heterocycles. The molecule has 1 aromatic rings. The van der Waals surface area contributed by atoms with Crippen molar-refractivity contribution in [1.29, 1.82) is 0 Å². The van der Waals surface area contributed by atoms with Crippen LogP contribution in [0, 0.1) is 0 Å². The Kier molecular flexibility index (Phi) is 4.61. The molecule has 0 spiro atoms. The Morgan fingerprint density at radius 3 is 2.94 bits per heavy atom. The van der Waals surface area contributed by atoms with E-state index in [1.54, 1.807) is 0 Å². The van der Waals surface area contributed by atoms with Gasteiger partial charge >= 0.3 is 12.0 Å². The Morgan fingerprint density at radius 2 is 2.44 bits per heavy atom. The highest BCUT2D eigenvalue weighted by atomic mass is 32.1. The van der Waals surface area contributed by atoms with Gasteiger partial charge in [-0.25, -0.2) is 9.59 Å². The summed E-state index contributed by atoms with van der Waals surface area (Å²) in [6.07, 6.45) is 0. The van der Waals surface area contributed by atoms with Gasteiger partial charge in [0.25, 0.3) is 0 Å². The van der Waals surface area contributed by atoms with Gasteiger partial charge in [0.05, 0.1) is 6.61 Å². The van der Waals surface area contributed by atoms with Gasteiger partial charge in [-0.1, -0.05) is 11.3 Å². The van der Waals surface area contributed by atoms with Crippen LogP contribution in [0.4, 0.5) is 9.93 Å². The molecule has 1 atom stereocenters. The van der Waals surface area contributed by atoms with Crippen molar-refractivity contribution in [2.45, 2.75) is 6.04 Å². The summed E-state index contributed by atoms with van der Waals surface area (Å²) in [6, 6.07) is -1.76. The number of amides is 2. The second-order valence-electron chi connectivity index (χ2n) is 2.69. The zero-order valence-electron chi connectivity index (χ0n) is 8.34. The quantitative estimate of drug-likeness (QED) is 0.660. The molecule has 8 nitrogen and oxygen atoms in total. The van der Waals surface area contributed by atoms with E-state index in [9.17, 15) is 9.59 Å². The fourth-order valence-corrected chi connectivity index (χ4v) is 1.30. The number of nitrogens with zero attached hydrogens (tertiary/aromatic N) is 2. The number of anilines is 1. The van der Waals surface area contributed by atoms with Gasteiger partial charge in [-0.2, -0.15) is 0 Å². The predicted octanol–water partition coefficient (Wildman–Crippen LogP) is -0.241. The lowest BCUT2D eigenvalue weighted by Crippen LogP contribution is -2.45. The van der Waals surface area contributed by atoms with Gasteiger partial charge in [0.2, 0.25) is 5.13 Å². The average molecular weight is 246 g/mol. The van der Waals surface area contributed by atoms with E-state index >= 15 is 0 Å². The van der Waals surface area contributed by atoms with Crippen LogP contribution < -0.4 is 10.6 Å². The van der Waals surface area contributed by atoms with Crippen LogP contribution in [0.25, 0.3) is 0 Å². The van der Waals surface area contributed by atoms with Crippen molar-refractivity contribution in [3.8, 4) is 0 Å². The van der Waals surface area contributed by atoms with Crippen molar-refractivity contribution < 1.29 is 19.4 Å². The van der Waals surface area contributed by atoms with E-state index in [0.29, 0.717) is 5.13 Å². The highest BCUT2D eigenvalue weighted by Gasteiger charge is 2.19. The lowest BCUT2D eigenvalue weighted by molar-refractivity contribution is -0.140. The number of carboxylic acid groups (broad SMARTS) is 1. The van der Waals surface area contributed by atoms with E-state index in [0.717, 1.165) is 11.3 Å². The number of ether oxygens (including phenoxy) is 1. The fourth-order valence-electron chi connectivity index (χ4n) is 0.860. The summed E-state index contributed by atoms with van der Waals surface area (Å²) in [5.74, 6) is -1.17. The first-order valence-corrected chi connectivity index (χ1v) is 5.07. The van der Waals surface area contributed by atoms with Crippen molar-refractivity contribution >= 4 is 28.5 Å². The number of nitrogens with one attached hydrogen (secondary N) is 2. The second kappa shape index (κ2) is 5.98. The number of aliphatic carboxylic acids is 1. The van der Waals surface area contributed by atoms with E-state index in [-0.39, 0.29) is 6.61 Å². The number of carbonyl (C=O) groups is 2. The van der Waals surface area contributed by atoms with Gasteiger partial charge in [0.1, 0.15) is 5.51 Å². The molecule has 0 bridgehead atoms. The fraction of sp³-hybridized carbons (Fsp3) is 0.429. The summed E-state index contributed by atoms with van der Waals surface area (Å²) in [5.41, 5.74) is 1.44. The van der Waals surface area contributed by atoms with E-state index in [1.165, 1.54) is 12.6 Å². The first-order valence-electron chi connectivity index (χ1n) is 4.19. The molecule has 1 rings (SSSR count). The van der Waals surface area contributed by atoms with Crippen LogP contribution in [0.3, 0.4) is 0 Å². The monoisotopic (exact) mass is 246 g/mol. The van der Waals surface area contributed by atoms with Crippen LogP contribution in [0.2, 0.25) is 0 Å². The van der Waals surface area contributed by atoms with Crippen molar-refractivity contribution in [1.82, 2.24) is 15.5 Å². The molecule has 3 N–H and O–H groups in total. The Balaban J connectivity index is 2.45. The lowest BCUT2D eigenvalue weighted by Gasteiger charge is -2.12. The third-order valence-electron chi connectivity index (χ3n) is 1.52. The summed E-state index contributed by atoms with van der Waals surface area (Å²) in [5, 5.41) is 20.7. The van der Waals surface area contributed by atoms with Gasteiger partial charge in [0.15, 0.2) is 6.04 Å². The number of hydrogen-bond donors (Lipinski definition) is 3. The predicted molar refractivity (Wildman–Crippen MR) is 55.4 cm³/mol. The third-order valence-corrected chi connectivity index (χ3v) is 2.12. The minimum Gasteiger partial charge on any atom is -0.480 e. The highest BCUT2D eigenvalue weighted by Crippen LogP contribution is 2.07. The number of urea groups is 1. The molecular weight excluding hydrogens is 236 g/mol. The molecule has 0 aliphatic heterocycles. The van der Waals surface area contributed by atoms with Crippen molar-refractivity contribution in [2.24, 2.45) is 0 Å². The zero-order chi connectivity index (χ0) is 12.0. The Morgan fingerprint density at radius 1 is 1.69 bits per heavy atom. The van der Waals surface area contributed by atoms with Crippen LogP contribution in [-0.2, 0) is 9.53 Å². The smallest absolute Gasteiger partial charge is 0.328 e. The number of hydrogen-bond acceptors (Lipinski definition) is 6. The Hall–Kier alpha value is -1.74. The molecule has 88 valence electrons. The number of carbonyl (C=O) groups excluding carboxylic acids is 1. The molecule has 0 fully saturated rings. The number of aromatic nitrogens is 2. The second-order valence-corrected chi connectivity index (χ2v) is 3.52. The van der Waals surface area contributed by atoms with Crippen LogP contribution in [0.1, 0.15) is 0 Å². The van der Waals surface area contributed by atoms with Crippen LogP contribution in [-0.4, -0.2) is 47.1 Å².